The second-order valence-corrected chi connectivity index (χ2v) is 4.37. The lowest BCUT2D eigenvalue weighted by Gasteiger charge is -2.17. The SMILES string of the molecule is O=C(Nc1ccc(F)cc1F)N[C@@H](CO)c1ccccc1. The van der Waals surface area contributed by atoms with E-state index in [2.05, 4.69) is 10.6 Å². The zero-order valence-corrected chi connectivity index (χ0v) is 11.0. The van der Waals surface area contributed by atoms with Gasteiger partial charge in [0, 0.05) is 6.07 Å². The Morgan fingerprint density at radius 3 is 2.48 bits per heavy atom. The summed E-state index contributed by atoms with van der Waals surface area (Å²) in [6, 6.07) is 10.4. The van der Waals surface area contributed by atoms with Crippen LogP contribution in [0.2, 0.25) is 0 Å². The number of rotatable bonds is 4. The Balaban J connectivity index is 2.03. The fourth-order valence-corrected chi connectivity index (χ4v) is 1.83. The Labute approximate surface area is 120 Å². The molecule has 4 nitrogen and oxygen atoms in total. The van der Waals surface area contributed by atoms with Crippen LogP contribution in [0.25, 0.3) is 0 Å². The highest BCUT2D eigenvalue weighted by molar-refractivity contribution is 5.89. The molecule has 110 valence electrons. The van der Waals surface area contributed by atoms with Crippen molar-refractivity contribution in [3.8, 4) is 0 Å². The van der Waals surface area contributed by atoms with Crippen LogP contribution < -0.4 is 10.6 Å². The lowest BCUT2D eigenvalue weighted by Crippen LogP contribution is -2.34. The number of hydrogen-bond donors (Lipinski definition) is 3. The standard InChI is InChI=1S/C15H14F2N2O2/c16-11-6-7-13(12(17)8-11)18-15(21)19-14(9-20)10-4-2-1-3-5-10/h1-8,14,20H,9H2,(H2,18,19,21)/t14-/m0/s1. The normalized spacial score (nSPS) is 11.8. The van der Waals surface area contributed by atoms with E-state index < -0.39 is 23.7 Å². The van der Waals surface area contributed by atoms with E-state index in [0.717, 1.165) is 17.7 Å². The molecular formula is C15H14F2N2O2. The van der Waals surface area contributed by atoms with E-state index in [1.165, 1.54) is 0 Å². The van der Waals surface area contributed by atoms with E-state index in [1.54, 1.807) is 24.3 Å². The molecule has 2 amide bonds. The summed E-state index contributed by atoms with van der Waals surface area (Å²) in [5.74, 6) is -1.60. The van der Waals surface area contributed by atoms with Crippen molar-refractivity contribution in [3.05, 3.63) is 65.7 Å². The number of nitrogens with one attached hydrogen (secondary N) is 2. The first kappa shape index (κ1) is 14.9. The number of anilines is 1. The van der Waals surface area contributed by atoms with Gasteiger partial charge in [0.25, 0.3) is 0 Å². The van der Waals surface area contributed by atoms with Crippen LogP contribution in [0.15, 0.2) is 48.5 Å². The second kappa shape index (κ2) is 6.81. The fraction of sp³-hybridized carbons (Fsp3) is 0.133. The molecule has 2 aromatic carbocycles. The molecule has 0 saturated carbocycles. The fourth-order valence-electron chi connectivity index (χ4n) is 1.83. The predicted molar refractivity (Wildman–Crippen MR) is 74.8 cm³/mol. The minimum atomic E-state index is -0.870. The Morgan fingerprint density at radius 1 is 1.14 bits per heavy atom. The number of aliphatic hydroxyl groups excluding tert-OH is 1. The summed E-state index contributed by atoms with van der Waals surface area (Å²) in [5.41, 5.74) is 0.577. The lowest BCUT2D eigenvalue weighted by atomic mass is 10.1. The molecule has 0 saturated heterocycles. The third-order valence-electron chi connectivity index (χ3n) is 2.87. The highest BCUT2D eigenvalue weighted by atomic mass is 19.1. The number of amides is 2. The molecule has 21 heavy (non-hydrogen) atoms. The average Bonchev–Trinajstić information content (AvgIpc) is 2.48. The van der Waals surface area contributed by atoms with Crippen LogP contribution >= 0.6 is 0 Å². The topological polar surface area (TPSA) is 61.4 Å². The zero-order valence-electron chi connectivity index (χ0n) is 11.0. The molecule has 0 aliphatic carbocycles. The van der Waals surface area contributed by atoms with Crippen molar-refractivity contribution in [1.29, 1.82) is 0 Å². The van der Waals surface area contributed by atoms with Crippen molar-refractivity contribution in [2.24, 2.45) is 0 Å². The van der Waals surface area contributed by atoms with Gasteiger partial charge in [0.1, 0.15) is 11.6 Å². The summed E-state index contributed by atoms with van der Waals surface area (Å²) in [4.78, 5) is 11.8. The number of urea groups is 1. The van der Waals surface area contributed by atoms with Crippen LogP contribution in [0.4, 0.5) is 19.3 Å². The zero-order chi connectivity index (χ0) is 15.2. The highest BCUT2D eigenvalue weighted by Crippen LogP contribution is 2.16. The summed E-state index contributed by atoms with van der Waals surface area (Å²) in [6.07, 6.45) is 0. The molecule has 0 unspecified atom stereocenters. The number of carbonyl (C=O) groups excluding carboxylic acids is 1. The van der Waals surface area contributed by atoms with Gasteiger partial charge < -0.3 is 15.7 Å². The van der Waals surface area contributed by atoms with Gasteiger partial charge in [-0.25, -0.2) is 13.6 Å². The summed E-state index contributed by atoms with van der Waals surface area (Å²) in [5, 5.41) is 14.1. The Kier molecular flexibility index (Phi) is 4.84. The molecule has 0 heterocycles. The van der Waals surface area contributed by atoms with Crippen molar-refractivity contribution in [2.45, 2.75) is 6.04 Å². The monoisotopic (exact) mass is 292 g/mol. The first-order valence-electron chi connectivity index (χ1n) is 6.28. The molecule has 2 rings (SSSR count). The molecule has 3 N–H and O–H groups in total. The summed E-state index contributed by atoms with van der Waals surface area (Å²) >= 11 is 0. The van der Waals surface area contributed by atoms with Gasteiger partial charge in [-0.1, -0.05) is 30.3 Å². The van der Waals surface area contributed by atoms with Crippen LogP contribution in [-0.2, 0) is 0 Å². The van der Waals surface area contributed by atoms with Gasteiger partial charge in [-0.2, -0.15) is 0 Å². The van der Waals surface area contributed by atoms with Gasteiger partial charge in [0.15, 0.2) is 0 Å². The van der Waals surface area contributed by atoms with Gasteiger partial charge in [0.2, 0.25) is 0 Å². The van der Waals surface area contributed by atoms with E-state index in [9.17, 15) is 18.7 Å². The summed E-state index contributed by atoms with van der Waals surface area (Å²) in [7, 11) is 0. The van der Waals surface area contributed by atoms with Crippen LogP contribution in [0.1, 0.15) is 11.6 Å². The number of hydrogen-bond acceptors (Lipinski definition) is 2. The molecule has 1 atom stereocenters. The second-order valence-electron chi connectivity index (χ2n) is 4.37. The van der Waals surface area contributed by atoms with Gasteiger partial charge in [-0.3, -0.25) is 0 Å². The van der Waals surface area contributed by atoms with E-state index in [0.29, 0.717) is 6.07 Å². The highest BCUT2D eigenvalue weighted by Gasteiger charge is 2.14. The van der Waals surface area contributed by atoms with Gasteiger partial charge in [-0.05, 0) is 17.7 Å². The Bertz CT molecular complexity index is 620. The molecule has 0 fully saturated rings. The largest absolute Gasteiger partial charge is 0.394 e. The summed E-state index contributed by atoms with van der Waals surface area (Å²) < 4.78 is 26.2. The van der Waals surface area contributed by atoms with Crippen LogP contribution in [-0.4, -0.2) is 17.7 Å². The maximum atomic E-state index is 13.4. The van der Waals surface area contributed by atoms with Crippen molar-refractivity contribution < 1.29 is 18.7 Å². The number of carbonyl (C=O) groups is 1. The first-order valence-corrected chi connectivity index (χ1v) is 6.28. The molecule has 0 aliphatic heterocycles. The molecule has 0 bridgehead atoms. The molecule has 0 aliphatic rings. The molecule has 0 aromatic heterocycles. The Morgan fingerprint density at radius 2 is 1.86 bits per heavy atom. The minimum Gasteiger partial charge on any atom is -0.394 e. The van der Waals surface area contributed by atoms with E-state index in [-0.39, 0.29) is 12.3 Å². The molecule has 6 heteroatoms. The third-order valence-corrected chi connectivity index (χ3v) is 2.87. The Hall–Kier alpha value is -2.47. The maximum Gasteiger partial charge on any atom is 0.319 e. The first-order chi connectivity index (χ1) is 10.1. The van der Waals surface area contributed by atoms with Crippen molar-refractivity contribution >= 4 is 11.7 Å². The number of aliphatic hydroxyl groups is 1. The number of benzene rings is 2. The summed E-state index contributed by atoms with van der Waals surface area (Å²) in [6.45, 7) is -0.302. The quantitative estimate of drug-likeness (QED) is 0.811. The van der Waals surface area contributed by atoms with E-state index in [4.69, 9.17) is 0 Å². The molecule has 2 aromatic rings. The van der Waals surface area contributed by atoms with Gasteiger partial charge in [-0.15, -0.1) is 0 Å². The van der Waals surface area contributed by atoms with E-state index in [1.807, 2.05) is 6.07 Å². The maximum absolute atomic E-state index is 13.4. The van der Waals surface area contributed by atoms with Gasteiger partial charge >= 0.3 is 6.03 Å². The molecular weight excluding hydrogens is 278 g/mol. The van der Waals surface area contributed by atoms with Crippen LogP contribution in [0.5, 0.6) is 0 Å². The van der Waals surface area contributed by atoms with Crippen molar-refractivity contribution in [3.63, 3.8) is 0 Å². The molecule has 0 spiro atoms. The number of halogens is 2. The van der Waals surface area contributed by atoms with Crippen molar-refractivity contribution in [1.82, 2.24) is 5.32 Å². The van der Waals surface area contributed by atoms with Crippen LogP contribution in [0.3, 0.4) is 0 Å². The lowest BCUT2D eigenvalue weighted by molar-refractivity contribution is 0.225. The van der Waals surface area contributed by atoms with Gasteiger partial charge in [0.05, 0.1) is 18.3 Å². The average molecular weight is 292 g/mol. The minimum absolute atomic E-state index is 0.140. The molecule has 0 radical (unpaired) electrons. The van der Waals surface area contributed by atoms with Crippen LogP contribution in [0, 0.1) is 11.6 Å². The predicted octanol–water partition coefficient (Wildman–Crippen LogP) is 2.82. The van der Waals surface area contributed by atoms with E-state index >= 15 is 0 Å². The van der Waals surface area contributed by atoms with Crippen molar-refractivity contribution in [2.75, 3.05) is 11.9 Å². The smallest absolute Gasteiger partial charge is 0.319 e. The third kappa shape index (κ3) is 4.00.